The number of anilines is 3. The lowest BCUT2D eigenvalue weighted by Crippen LogP contribution is -2.45. The summed E-state index contributed by atoms with van der Waals surface area (Å²) in [5, 5.41) is 23.4. The molecular formula is C36H36ClF3N8O7. The van der Waals surface area contributed by atoms with Crippen LogP contribution in [-0.2, 0) is 26.3 Å². The van der Waals surface area contributed by atoms with Crippen molar-refractivity contribution < 1.29 is 46.9 Å². The fourth-order valence-electron chi connectivity index (χ4n) is 5.32. The van der Waals surface area contributed by atoms with Crippen molar-refractivity contribution in [3.8, 4) is 11.8 Å². The van der Waals surface area contributed by atoms with E-state index < -0.39 is 54.1 Å². The van der Waals surface area contributed by atoms with Crippen molar-refractivity contribution in [3.63, 3.8) is 0 Å². The van der Waals surface area contributed by atoms with Gasteiger partial charge in [0, 0.05) is 29.4 Å². The van der Waals surface area contributed by atoms with Gasteiger partial charge in [-0.1, -0.05) is 41.9 Å². The zero-order chi connectivity index (χ0) is 39.6. The fraction of sp³-hybridized carbons (Fsp3) is 0.306. The fourth-order valence-corrected chi connectivity index (χ4v) is 5.44. The minimum atomic E-state index is -4.64. The average Bonchev–Trinajstić information content (AvgIpc) is 3.93. The highest BCUT2D eigenvalue weighted by Crippen LogP contribution is 2.48. The number of aliphatic carboxylic acids is 1. The van der Waals surface area contributed by atoms with Crippen LogP contribution in [-0.4, -0.2) is 82.8 Å². The number of amides is 3. The Kier molecular flexibility index (Phi) is 12.9. The van der Waals surface area contributed by atoms with E-state index in [2.05, 4.69) is 41.5 Å². The minimum absolute atomic E-state index is 0.0428. The van der Waals surface area contributed by atoms with E-state index in [0.717, 1.165) is 11.1 Å². The molecule has 290 valence electrons. The number of benzene rings is 3. The predicted octanol–water partition coefficient (Wildman–Crippen LogP) is 4.37. The number of methoxy groups -OCH3 is 1. The van der Waals surface area contributed by atoms with Crippen LogP contribution in [0.3, 0.4) is 0 Å². The Morgan fingerprint density at radius 1 is 0.891 bits per heavy atom. The van der Waals surface area contributed by atoms with Crippen LogP contribution in [0.2, 0.25) is 5.02 Å². The SMILES string of the molecule is COc1ccccc1CCNC(=O)C(=O)NCC[C@H](NC(=O)c1ccc(Nc2nc(NC3(c4ccc(Cl)cc4)CC3)nc(OCC(F)(F)F)n2)cc1)C(=O)O. The zero-order valence-electron chi connectivity index (χ0n) is 29.2. The summed E-state index contributed by atoms with van der Waals surface area (Å²) in [6.45, 7) is -1.70. The first-order valence-electron chi connectivity index (χ1n) is 16.8. The number of alkyl halides is 3. The summed E-state index contributed by atoms with van der Waals surface area (Å²) in [5.74, 6) is -3.54. The third-order valence-corrected chi connectivity index (χ3v) is 8.53. The molecule has 15 nitrogen and oxygen atoms in total. The number of carboxylic acid groups (broad SMARTS) is 1. The molecule has 0 unspecified atom stereocenters. The second-order valence-electron chi connectivity index (χ2n) is 12.3. The second kappa shape index (κ2) is 17.8. The van der Waals surface area contributed by atoms with Crippen LogP contribution in [0.15, 0.2) is 72.8 Å². The van der Waals surface area contributed by atoms with Crippen LogP contribution in [0.1, 0.15) is 40.7 Å². The largest absolute Gasteiger partial charge is 0.496 e. The maximum atomic E-state index is 12.9. The first-order chi connectivity index (χ1) is 26.2. The van der Waals surface area contributed by atoms with E-state index in [-0.39, 0.29) is 37.0 Å². The summed E-state index contributed by atoms with van der Waals surface area (Å²) in [4.78, 5) is 61.5. The third kappa shape index (κ3) is 11.7. The molecule has 0 spiro atoms. The maximum absolute atomic E-state index is 12.9. The smallest absolute Gasteiger partial charge is 0.422 e. The van der Waals surface area contributed by atoms with E-state index in [4.69, 9.17) is 21.1 Å². The Balaban J connectivity index is 1.15. The topological polar surface area (TPSA) is 206 Å². The van der Waals surface area contributed by atoms with Gasteiger partial charge in [-0.2, -0.15) is 28.1 Å². The Morgan fingerprint density at radius 2 is 1.55 bits per heavy atom. The van der Waals surface area contributed by atoms with Gasteiger partial charge in [0.05, 0.1) is 12.6 Å². The van der Waals surface area contributed by atoms with Gasteiger partial charge < -0.3 is 41.2 Å². The van der Waals surface area contributed by atoms with Gasteiger partial charge in [0.1, 0.15) is 11.8 Å². The highest BCUT2D eigenvalue weighted by atomic mass is 35.5. The number of nitrogens with one attached hydrogen (secondary N) is 5. The van der Waals surface area contributed by atoms with Gasteiger partial charge in [-0.15, -0.1) is 0 Å². The van der Waals surface area contributed by atoms with Crippen molar-refractivity contribution in [2.75, 3.05) is 37.4 Å². The lowest BCUT2D eigenvalue weighted by atomic mass is 10.1. The zero-order valence-corrected chi connectivity index (χ0v) is 30.0. The van der Waals surface area contributed by atoms with Gasteiger partial charge in [0.15, 0.2) is 6.61 Å². The number of ether oxygens (including phenoxy) is 2. The van der Waals surface area contributed by atoms with Gasteiger partial charge >= 0.3 is 30.0 Å². The molecule has 19 heteroatoms. The molecule has 1 aliphatic rings. The number of carboxylic acids is 1. The van der Waals surface area contributed by atoms with Gasteiger partial charge in [-0.05, 0) is 79.3 Å². The van der Waals surface area contributed by atoms with E-state index in [1.165, 1.54) is 31.4 Å². The van der Waals surface area contributed by atoms with Crippen LogP contribution in [0.4, 0.5) is 30.8 Å². The lowest BCUT2D eigenvalue weighted by Gasteiger charge is -2.19. The number of para-hydroxylation sites is 1. The number of hydrogen-bond donors (Lipinski definition) is 6. The summed E-state index contributed by atoms with van der Waals surface area (Å²) < 4.78 is 48.9. The molecule has 0 saturated heterocycles. The predicted molar refractivity (Wildman–Crippen MR) is 193 cm³/mol. The molecule has 0 radical (unpaired) electrons. The highest BCUT2D eigenvalue weighted by molar-refractivity contribution is 6.35. The summed E-state index contributed by atoms with van der Waals surface area (Å²) in [6.07, 6.45) is -3.06. The molecule has 6 N–H and O–H groups in total. The van der Waals surface area contributed by atoms with Crippen molar-refractivity contribution in [3.05, 3.63) is 94.5 Å². The molecule has 0 bridgehead atoms. The van der Waals surface area contributed by atoms with Gasteiger partial charge in [0.25, 0.3) is 5.91 Å². The van der Waals surface area contributed by atoms with Crippen LogP contribution < -0.4 is 36.1 Å². The molecule has 3 amide bonds. The summed E-state index contributed by atoms with van der Waals surface area (Å²) in [6, 6.07) is 18.0. The maximum Gasteiger partial charge on any atom is 0.422 e. The minimum Gasteiger partial charge on any atom is -0.496 e. The van der Waals surface area contributed by atoms with E-state index >= 15 is 0 Å². The molecule has 1 atom stereocenters. The normalized spacial score (nSPS) is 13.5. The number of halogens is 4. The standard InChI is InChI=1S/C36H36ClF3N8O7/c1-54-27-5-3-2-4-21(27)14-18-41-29(50)30(51)42-19-15-26(31(52)53)44-28(49)22-6-12-25(13-7-22)43-32-45-33(47-34(46-32)55-20-36(38,39)40)48-35(16-17-35)23-8-10-24(37)11-9-23/h2-13,26H,14-20H2,1H3,(H,41,50)(H,42,51)(H,44,49)(H,52,53)(H2,43,45,46,47,48)/t26-/m0/s1. The molecule has 1 saturated carbocycles. The third-order valence-electron chi connectivity index (χ3n) is 8.28. The monoisotopic (exact) mass is 784 g/mol. The quantitative estimate of drug-likeness (QED) is 0.0827. The van der Waals surface area contributed by atoms with Crippen molar-refractivity contribution in [2.45, 2.75) is 43.4 Å². The Morgan fingerprint density at radius 3 is 2.18 bits per heavy atom. The Bertz CT molecular complexity index is 2000. The molecule has 1 aromatic heterocycles. The van der Waals surface area contributed by atoms with Gasteiger partial charge in [-0.25, -0.2) is 4.79 Å². The molecule has 0 aliphatic heterocycles. The van der Waals surface area contributed by atoms with Crippen molar-refractivity contribution >= 4 is 52.9 Å². The number of aromatic nitrogens is 3. The van der Waals surface area contributed by atoms with E-state index in [1.54, 1.807) is 24.3 Å². The molecule has 55 heavy (non-hydrogen) atoms. The molecule has 1 heterocycles. The number of carbonyl (C=O) groups is 4. The number of hydrogen-bond acceptors (Lipinski definition) is 11. The van der Waals surface area contributed by atoms with Crippen molar-refractivity contribution in [2.24, 2.45) is 0 Å². The lowest BCUT2D eigenvalue weighted by molar-refractivity contribution is -0.154. The van der Waals surface area contributed by atoms with Crippen LogP contribution in [0.5, 0.6) is 11.8 Å². The van der Waals surface area contributed by atoms with E-state index in [0.29, 0.717) is 35.7 Å². The van der Waals surface area contributed by atoms with Crippen LogP contribution in [0, 0.1) is 0 Å². The van der Waals surface area contributed by atoms with Crippen molar-refractivity contribution in [1.29, 1.82) is 0 Å². The molecule has 5 rings (SSSR count). The molecule has 3 aromatic carbocycles. The van der Waals surface area contributed by atoms with Gasteiger partial charge in [-0.3, -0.25) is 14.4 Å². The molecule has 1 fully saturated rings. The Hall–Kier alpha value is -6.17. The second-order valence-corrected chi connectivity index (χ2v) is 12.7. The number of nitrogens with zero attached hydrogens (tertiary/aromatic N) is 3. The molecule has 1 aliphatic carbocycles. The average molecular weight is 785 g/mol. The highest BCUT2D eigenvalue weighted by Gasteiger charge is 2.45. The first-order valence-corrected chi connectivity index (χ1v) is 17.2. The molecular weight excluding hydrogens is 749 g/mol. The van der Waals surface area contributed by atoms with Crippen LogP contribution in [0.25, 0.3) is 0 Å². The summed E-state index contributed by atoms with van der Waals surface area (Å²) in [7, 11) is 1.52. The van der Waals surface area contributed by atoms with E-state index in [1.807, 2.05) is 24.3 Å². The Labute approximate surface area is 317 Å². The van der Waals surface area contributed by atoms with Gasteiger partial charge in [0.2, 0.25) is 11.9 Å². The van der Waals surface area contributed by atoms with Crippen LogP contribution >= 0.6 is 11.6 Å². The summed E-state index contributed by atoms with van der Waals surface area (Å²) in [5.41, 5.74) is 1.55. The summed E-state index contributed by atoms with van der Waals surface area (Å²) >= 11 is 6.02. The van der Waals surface area contributed by atoms with E-state index in [9.17, 15) is 37.5 Å². The molecule has 4 aromatic rings. The number of carbonyl (C=O) groups excluding carboxylic acids is 3. The van der Waals surface area contributed by atoms with Crippen molar-refractivity contribution in [1.82, 2.24) is 30.9 Å². The number of rotatable bonds is 17. The first kappa shape index (κ1) is 40.0.